The molecule has 0 fully saturated rings. The van der Waals surface area contributed by atoms with Crippen molar-refractivity contribution in [3.05, 3.63) is 42.0 Å². The first kappa shape index (κ1) is 15.1. The summed E-state index contributed by atoms with van der Waals surface area (Å²) < 4.78 is 37.5. The van der Waals surface area contributed by atoms with Gasteiger partial charge in [0.15, 0.2) is 0 Å². The van der Waals surface area contributed by atoms with Crippen LogP contribution in [-0.4, -0.2) is 19.7 Å². The molecule has 0 aromatic heterocycles. The van der Waals surface area contributed by atoms with Crippen molar-refractivity contribution in [3.63, 3.8) is 0 Å². The molecule has 0 bridgehead atoms. The van der Waals surface area contributed by atoms with Gasteiger partial charge < -0.3 is 9.47 Å². The molecule has 0 saturated carbocycles. The predicted molar refractivity (Wildman–Crippen MR) is 67.3 cm³/mol. The zero-order valence-corrected chi connectivity index (χ0v) is 10.9. The average Bonchev–Trinajstić information content (AvgIpc) is 2.38. The second kappa shape index (κ2) is 6.31. The number of hydrogen-bond acceptors (Lipinski definition) is 3. The molecule has 0 aliphatic carbocycles. The highest BCUT2D eigenvalue weighted by molar-refractivity contribution is 5.87. The third-order valence-corrected chi connectivity index (χ3v) is 2.49. The normalized spacial score (nSPS) is 10.9. The number of rotatable bonds is 6. The topological polar surface area (TPSA) is 35.5 Å². The monoisotopic (exact) mass is 270 g/mol. The van der Waals surface area contributed by atoms with Crippen LogP contribution >= 0.6 is 0 Å². The van der Waals surface area contributed by atoms with Gasteiger partial charge >= 0.3 is 5.97 Å². The molecule has 0 aliphatic rings. The zero-order chi connectivity index (χ0) is 14.5. The molecule has 0 heterocycles. The molecule has 0 unspecified atom stereocenters. The van der Waals surface area contributed by atoms with Gasteiger partial charge in [-0.05, 0) is 19.1 Å². The number of hydrogen-bond donors (Lipinski definition) is 0. The molecule has 0 radical (unpaired) electrons. The molecule has 0 amide bonds. The van der Waals surface area contributed by atoms with Crippen LogP contribution in [0.15, 0.2) is 36.4 Å². The maximum Gasteiger partial charge on any atom is 0.333 e. The van der Waals surface area contributed by atoms with Crippen molar-refractivity contribution in [2.24, 2.45) is 0 Å². The Morgan fingerprint density at radius 2 is 2.11 bits per heavy atom. The molecule has 0 spiro atoms. The Morgan fingerprint density at radius 3 is 2.68 bits per heavy atom. The van der Waals surface area contributed by atoms with E-state index in [0.29, 0.717) is 5.75 Å². The van der Waals surface area contributed by atoms with Crippen LogP contribution < -0.4 is 4.74 Å². The fourth-order valence-corrected chi connectivity index (χ4v) is 1.53. The van der Waals surface area contributed by atoms with Crippen LogP contribution in [0.2, 0.25) is 0 Å². The van der Waals surface area contributed by atoms with Gasteiger partial charge in [-0.2, -0.15) is 0 Å². The molecule has 3 nitrogen and oxygen atoms in total. The van der Waals surface area contributed by atoms with Gasteiger partial charge in [0.1, 0.15) is 5.75 Å². The maximum atomic E-state index is 14.0. The molecule has 0 aliphatic heterocycles. The number of alkyl halides is 2. The van der Waals surface area contributed by atoms with Crippen LogP contribution in [0.3, 0.4) is 0 Å². The van der Waals surface area contributed by atoms with E-state index >= 15 is 0 Å². The fraction of sp³-hybridized carbons (Fsp3) is 0.357. The summed E-state index contributed by atoms with van der Waals surface area (Å²) in [4.78, 5) is 11.3. The second-order valence-electron chi connectivity index (χ2n) is 3.94. The Bertz CT molecular complexity index is 470. The minimum absolute atomic E-state index is 0.128. The first-order valence-electron chi connectivity index (χ1n) is 5.78. The van der Waals surface area contributed by atoms with E-state index in [1.165, 1.54) is 25.3 Å². The number of carbonyl (C=O) groups excluding carboxylic acids is 1. The van der Waals surface area contributed by atoms with Crippen LogP contribution in [0.25, 0.3) is 0 Å². The van der Waals surface area contributed by atoms with Gasteiger partial charge in [0.05, 0.1) is 13.7 Å². The van der Waals surface area contributed by atoms with E-state index < -0.39 is 18.3 Å². The number of halogens is 2. The summed E-state index contributed by atoms with van der Waals surface area (Å²) in [5.41, 5.74) is -0.480. The lowest BCUT2D eigenvalue weighted by Crippen LogP contribution is -2.18. The van der Waals surface area contributed by atoms with E-state index in [1.54, 1.807) is 13.0 Å². The van der Waals surface area contributed by atoms with E-state index in [4.69, 9.17) is 4.74 Å². The van der Waals surface area contributed by atoms with Gasteiger partial charge in [-0.1, -0.05) is 18.7 Å². The van der Waals surface area contributed by atoms with Gasteiger partial charge in [0.2, 0.25) is 0 Å². The highest BCUT2D eigenvalue weighted by atomic mass is 19.3. The molecule has 0 atom stereocenters. The molecule has 1 rings (SSSR count). The summed E-state index contributed by atoms with van der Waals surface area (Å²) in [6.45, 7) is 5.07. The first-order valence-corrected chi connectivity index (χ1v) is 5.78. The van der Waals surface area contributed by atoms with Gasteiger partial charge in [-0.15, -0.1) is 0 Å². The van der Waals surface area contributed by atoms with Crippen LogP contribution in [0.1, 0.15) is 18.9 Å². The van der Waals surface area contributed by atoms with Crippen molar-refractivity contribution < 1.29 is 23.0 Å². The molecule has 1 aromatic carbocycles. The van der Waals surface area contributed by atoms with E-state index in [0.717, 1.165) is 0 Å². The summed E-state index contributed by atoms with van der Waals surface area (Å²) >= 11 is 0. The molecular weight excluding hydrogens is 254 g/mol. The van der Waals surface area contributed by atoms with Gasteiger partial charge in [0, 0.05) is 17.6 Å². The highest BCUT2D eigenvalue weighted by Gasteiger charge is 2.34. The summed E-state index contributed by atoms with van der Waals surface area (Å²) in [7, 11) is 1.40. The standard InChI is InChI=1S/C14H16F2O3/c1-4-19-13(17)10(2)9-14(15,16)11-6-5-7-12(8-11)18-3/h5-8H,2,4,9H2,1,3H3. The Morgan fingerprint density at radius 1 is 1.42 bits per heavy atom. The third-order valence-electron chi connectivity index (χ3n) is 2.49. The quantitative estimate of drug-likeness (QED) is 0.587. The number of benzene rings is 1. The molecular formula is C14H16F2O3. The van der Waals surface area contributed by atoms with E-state index in [-0.39, 0.29) is 17.7 Å². The van der Waals surface area contributed by atoms with Gasteiger partial charge in [0.25, 0.3) is 5.92 Å². The minimum Gasteiger partial charge on any atom is -0.497 e. The van der Waals surface area contributed by atoms with Gasteiger partial charge in [-0.3, -0.25) is 0 Å². The van der Waals surface area contributed by atoms with Crippen molar-refractivity contribution in [2.45, 2.75) is 19.3 Å². The Kier molecular flexibility index (Phi) is 5.03. The van der Waals surface area contributed by atoms with Crippen molar-refractivity contribution >= 4 is 5.97 Å². The minimum atomic E-state index is -3.20. The Hall–Kier alpha value is -1.91. The molecule has 0 N–H and O–H groups in total. The Labute approximate surface area is 110 Å². The highest BCUT2D eigenvalue weighted by Crippen LogP contribution is 2.35. The number of esters is 1. The summed E-state index contributed by atoms with van der Waals surface area (Å²) in [5, 5.41) is 0. The third kappa shape index (κ3) is 4.05. The Balaban J connectivity index is 2.85. The summed E-state index contributed by atoms with van der Waals surface area (Å²) in [6, 6.07) is 5.55. The van der Waals surface area contributed by atoms with E-state index in [2.05, 4.69) is 11.3 Å². The lowest BCUT2D eigenvalue weighted by molar-refractivity contribution is -0.139. The fourth-order valence-electron chi connectivity index (χ4n) is 1.53. The van der Waals surface area contributed by atoms with Crippen molar-refractivity contribution in [3.8, 4) is 5.75 Å². The van der Waals surface area contributed by atoms with Crippen molar-refractivity contribution in [2.75, 3.05) is 13.7 Å². The van der Waals surface area contributed by atoms with Crippen LogP contribution in [0.4, 0.5) is 8.78 Å². The second-order valence-corrected chi connectivity index (χ2v) is 3.94. The van der Waals surface area contributed by atoms with Gasteiger partial charge in [-0.25, -0.2) is 13.6 Å². The van der Waals surface area contributed by atoms with E-state index in [1.807, 2.05) is 0 Å². The van der Waals surface area contributed by atoms with Crippen LogP contribution in [-0.2, 0) is 15.5 Å². The number of ether oxygens (including phenoxy) is 2. The molecule has 5 heteroatoms. The average molecular weight is 270 g/mol. The lowest BCUT2D eigenvalue weighted by Gasteiger charge is -2.18. The molecule has 104 valence electrons. The van der Waals surface area contributed by atoms with Crippen molar-refractivity contribution in [1.82, 2.24) is 0 Å². The summed E-state index contributed by atoms with van der Waals surface area (Å²) in [5.74, 6) is -3.66. The number of carbonyl (C=O) groups is 1. The van der Waals surface area contributed by atoms with Crippen molar-refractivity contribution in [1.29, 1.82) is 0 Å². The molecule has 0 saturated heterocycles. The zero-order valence-electron chi connectivity index (χ0n) is 10.9. The number of methoxy groups -OCH3 is 1. The molecule has 19 heavy (non-hydrogen) atoms. The van der Waals surface area contributed by atoms with Crippen LogP contribution in [0.5, 0.6) is 5.75 Å². The molecule has 1 aromatic rings. The predicted octanol–water partition coefficient (Wildman–Crippen LogP) is 3.30. The largest absolute Gasteiger partial charge is 0.497 e. The maximum absolute atomic E-state index is 14.0. The smallest absolute Gasteiger partial charge is 0.333 e. The summed E-state index contributed by atoms with van der Waals surface area (Å²) in [6.07, 6.45) is -0.779. The lowest BCUT2D eigenvalue weighted by atomic mass is 10.0. The van der Waals surface area contributed by atoms with E-state index in [9.17, 15) is 13.6 Å². The SMILES string of the molecule is C=C(CC(F)(F)c1cccc(OC)c1)C(=O)OCC. The van der Waals surface area contributed by atoms with Crippen LogP contribution in [0, 0.1) is 0 Å². The first-order chi connectivity index (χ1) is 8.90.